The minimum atomic E-state index is -3.65. The predicted molar refractivity (Wildman–Crippen MR) is 85.2 cm³/mol. The second-order valence-corrected chi connectivity index (χ2v) is 8.16. The van der Waals surface area contributed by atoms with Gasteiger partial charge in [0.25, 0.3) is 10.0 Å². The van der Waals surface area contributed by atoms with Gasteiger partial charge in [-0.1, -0.05) is 17.7 Å². The molecule has 1 heterocycles. The minimum Gasteiger partial charge on any atom is -0.398 e. The summed E-state index contributed by atoms with van der Waals surface area (Å²) in [6.45, 7) is 5.39. The number of rotatable bonds is 3. The van der Waals surface area contributed by atoms with Gasteiger partial charge >= 0.3 is 0 Å². The molecule has 3 N–H and O–H groups in total. The average molecular weight is 331 g/mol. The Bertz CT molecular complexity index is 747. The molecule has 7 heteroatoms. The molecular weight excluding hydrogens is 316 g/mol. The lowest BCUT2D eigenvalue weighted by Crippen LogP contribution is -2.14. The molecule has 0 saturated carbocycles. The lowest BCUT2D eigenvalue weighted by molar-refractivity contribution is 0.603. The van der Waals surface area contributed by atoms with Gasteiger partial charge in [-0.3, -0.25) is 4.72 Å². The molecular formula is C13H15ClN2O2S2. The summed E-state index contributed by atoms with van der Waals surface area (Å²) in [4.78, 5) is 0. The van der Waals surface area contributed by atoms with Crippen LogP contribution in [0, 0.1) is 20.8 Å². The molecule has 0 atom stereocenters. The van der Waals surface area contributed by atoms with E-state index in [-0.39, 0.29) is 4.21 Å². The van der Waals surface area contributed by atoms with E-state index in [1.807, 2.05) is 6.92 Å². The molecule has 0 aliphatic heterocycles. The normalized spacial score (nSPS) is 11.6. The zero-order chi connectivity index (χ0) is 15.1. The fourth-order valence-corrected chi connectivity index (χ4v) is 4.67. The first-order chi connectivity index (χ1) is 9.22. The van der Waals surface area contributed by atoms with E-state index in [1.165, 1.54) is 0 Å². The summed E-state index contributed by atoms with van der Waals surface area (Å²) in [7, 11) is -3.65. The monoisotopic (exact) mass is 330 g/mol. The highest BCUT2D eigenvalue weighted by Crippen LogP contribution is 2.33. The van der Waals surface area contributed by atoms with E-state index in [0.717, 1.165) is 22.5 Å². The van der Waals surface area contributed by atoms with Gasteiger partial charge in [0, 0.05) is 5.69 Å². The molecule has 0 aliphatic carbocycles. The Kier molecular flexibility index (Phi) is 4.00. The summed E-state index contributed by atoms with van der Waals surface area (Å²) < 4.78 is 28.0. The van der Waals surface area contributed by atoms with Crippen LogP contribution in [0.1, 0.15) is 16.7 Å². The van der Waals surface area contributed by atoms with E-state index in [1.54, 1.807) is 32.0 Å². The molecule has 108 valence electrons. The van der Waals surface area contributed by atoms with Crippen molar-refractivity contribution < 1.29 is 8.42 Å². The van der Waals surface area contributed by atoms with Crippen molar-refractivity contribution in [3.05, 3.63) is 39.2 Å². The molecule has 1 aromatic heterocycles. The van der Waals surface area contributed by atoms with Crippen LogP contribution in [0.2, 0.25) is 4.34 Å². The molecule has 4 nitrogen and oxygen atoms in total. The van der Waals surface area contributed by atoms with Crippen LogP contribution < -0.4 is 10.5 Å². The topological polar surface area (TPSA) is 72.2 Å². The molecule has 0 aliphatic rings. The van der Waals surface area contributed by atoms with Crippen LogP contribution in [0.15, 0.2) is 22.4 Å². The average Bonchev–Trinajstić information content (AvgIpc) is 2.71. The van der Waals surface area contributed by atoms with Gasteiger partial charge in [0.05, 0.1) is 10.0 Å². The molecule has 1 aromatic carbocycles. The quantitative estimate of drug-likeness (QED) is 0.843. The highest BCUT2D eigenvalue weighted by molar-refractivity contribution is 7.94. The molecule has 20 heavy (non-hydrogen) atoms. The van der Waals surface area contributed by atoms with Crippen LogP contribution >= 0.6 is 22.9 Å². The maximum Gasteiger partial charge on any atom is 0.271 e. The fraction of sp³-hybridized carbons (Fsp3) is 0.231. The third kappa shape index (κ3) is 2.77. The van der Waals surface area contributed by atoms with Crippen LogP contribution in [0.3, 0.4) is 0 Å². The van der Waals surface area contributed by atoms with E-state index in [0.29, 0.717) is 21.3 Å². The van der Waals surface area contributed by atoms with Crippen molar-refractivity contribution in [3.8, 4) is 0 Å². The fourth-order valence-electron chi connectivity index (χ4n) is 1.77. The maximum atomic E-state index is 12.4. The molecule has 0 saturated heterocycles. The third-order valence-electron chi connectivity index (χ3n) is 3.05. The van der Waals surface area contributed by atoms with Crippen LogP contribution in [-0.2, 0) is 10.0 Å². The van der Waals surface area contributed by atoms with Gasteiger partial charge < -0.3 is 5.73 Å². The van der Waals surface area contributed by atoms with Crippen molar-refractivity contribution in [2.75, 3.05) is 10.5 Å². The number of sulfonamides is 1. The van der Waals surface area contributed by atoms with Gasteiger partial charge in [0.2, 0.25) is 0 Å². The Morgan fingerprint density at radius 3 is 2.40 bits per heavy atom. The van der Waals surface area contributed by atoms with Crippen molar-refractivity contribution in [2.24, 2.45) is 0 Å². The second-order valence-electron chi connectivity index (χ2n) is 4.60. The minimum absolute atomic E-state index is 0.196. The molecule has 0 unspecified atom stereocenters. The summed E-state index contributed by atoms with van der Waals surface area (Å²) in [5.41, 5.74) is 9.18. The van der Waals surface area contributed by atoms with Crippen LogP contribution in [-0.4, -0.2) is 8.42 Å². The van der Waals surface area contributed by atoms with E-state index in [9.17, 15) is 8.42 Å². The number of halogens is 1. The highest BCUT2D eigenvalue weighted by atomic mass is 35.5. The van der Waals surface area contributed by atoms with Gasteiger partial charge in [-0.2, -0.15) is 0 Å². The first-order valence-corrected chi connectivity index (χ1v) is 8.54. The van der Waals surface area contributed by atoms with Crippen molar-refractivity contribution in [1.29, 1.82) is 0 Å². The second kappa shape index (κ2) is 5.27. The summed E-state index contributed by atoms with van der Waals surface area (Å²) in [6, 6.07) is 5.10. The first-order valence-electron chi connectivity index (χ1n) is 5.87. The van der Waals surface area contributed by atoms with Gasteiger partial charge in [0.15, 0.2) is 0 Å². The number of hydrogen-bond acceptors (Lipinski definition) is 4. The van der Waals surface area contributed by atoms with Gasteiger partial charge in [-0.25, -0.2) is 8.42 Å². The molecule has 0 amide bonds. The zero-order valence-electron chi connectivity index (χ0n) is 11.3. The Labute approximate surface area is 127 Å². The predicted octanol–water partition coefficient (Wildman–Crippen LogP) is 3.71. The summed E-state index contributed by atoms with van der Waals surface area (Å²) in [6.07, 6.45) is 0. The Balaban J connectivity index is 2.46. The summed E-state index contributed by atoms with van der Waals surface area (Å²) >= 11 is 6.97. The lowest BCUT2D eigenvalue weighted by atomic mass is 10.1. The standard InChI is InChI=1S/C13H15ClN2O2S2/c1-7-4-5-10(15)9(3)12(7)16-20(17,18)11-6-8(2)13(14)19-11/h4-6,16H,15H2,1-3H3. The van der Waals surface area contributed by atoms with Gasteiger partial charge in [-0.05, 0) is 49.6 Å². The van der Waals surface area contributed by atoms with Crippen molar-refractivity contribution in [1.82, 2.24) is 0 Å². The molecule has 0 radical (unpaired) electrons. The first kappa shape index (κ1) is 15.2. The van der Waals surface area contributed by atoms with Crippen molar-refractivity contribution in [3.63, 3.8) is 0 Å². The Morgan fingerprint density at radius 1 is 1.20 bits per heavy atom. The summed E-state index contributed by atoms with van der Waals surface area (Å²) in [5.74, 6) is 0. The number of nitrogens with one attached hydrogen (secondary N) is 1. The smallest absolute Gasteiger partial charge is 0.271 e. The highest BCUT2D eigenvalue weighted by Gasteiger charge is 2.20. The van der Waals surface area contributed by atoms with E-state index in [4.69, 9.17) is 17.3 Å². The Morgan fingerprint density at radius 2 is 1.85 bits per heavy atom. The van der Waals surface area contributed by atoms with Gasteiger partial charge in [0.1, 0.15) is 4.21 Å². The SMILES string of the molecule is Cc1cc(S(=O)(=O)Nc2c(C)ccc(N)c2C)sc1Cl. The van der Waals surface area contributed by atoms with Crippen molar-refractivity contribution in [2.45, 2.75) is 25.0 Å². The molecule has 0 bridgehead atoms. The number of benzene rings is 1. The summed E-state index contributed by atoms with van der Waals surface area (Å²) in [5, 5.41) is 0. The third-order valence-corrected chi connectivity index (χ3v) is 6.43. The Hall–Kier alpha value is -1.24. The molecule has 2 aromatic rings. The van der Waals surface area contributed by atoms with E-state index in [2.05, 4.69) is 4.72 Å². The van der Waals surface area contributed by atoms with Crippen LogP contribution in [0.5, 0.6) is 0 Å². The number of nitrogens with two attached hydrogens (primary N) is 1. The van der Waals surface area contributed by atoms with E-state index >= 15 is 0 Å². The number of anilines is 2. The van der Waals surface area contributed by atoms with Crippen LogP contribution in [0.4, 0.5) is 11.4 Å². The maximum absolute atomic E-state index is 12.4. The largest absolute Gasteiger partial charge is 0.398 e. The zero-order valence-corrected chi connectivity index (χ0v) is 13.7. The van der Waals surface area contributed by atoms with Crippen LogP contribution in [0.25, 0.3) is 0 Å². The van der Waals surface area contributed by atoms with Crippen molar-refractivity contribution >= 4 is 44.3 Å². The van der Waals surface area contributed by atoms with Gasteiger partial charge in [-0.15, -0.1) is 11.3 Å². The molecule has 0 spiro atoms. The number of thiophene rings is 1. The van der Waals surface area contributed by atoms with E-state index < -0.39 is 10.0 Å². The number of nitrogen functional groups attached to an aromatic ring is 1. The molecule has 2 rings (SSSR count). The lowest BCUT2D eigenvalue weighted by Gasteiger charge is -2.13. The number of aryl methyl sites for hydroxylation is 2. The number of hydrogen-bond donors (Lipinski definition) is 2. The molecule has 0 fully saturated rings.